The highest BCUT2D eigenvalue weighted by Crippen LogP contribution is 2.53. The summed E-state index contributed by atoms with van der Waals surface area (Å²) in [6, 6.07) is 5.45. The molecule has 180 valence electrons. The number of aryl methyl sites for hydroxylation is 1. The van der Waals surface area contributed by atoms with E-state index in [4.69, 9.17) is 15.2 Å². The molecule has 1 aromatic carbocycles. The normalized spacial score (nSPS) is 33.4. The molecule has 0 aromatic heterocycles. The quantitative estimate of drug-likeness (QED) is 0.741. The summed E-state index contributed by atoms with van der Waals surface area (Å²) in [5, 5.41) is 0. The van der Waals surface area contributed by atoms with Crippen LogP contribution < -0.4 is 10.5 Å². The van der Waals surface area contributed by atoms with Crippen molar-refractivity contribution in [3.63, 3.8) is 0 Å². The van der Waals surface area contributed by atoms with Crippen LogP contribution in [0, 0.1) is 18.8 Å². The van der Waals surface area contributed by atoms with Gasteiger partial charge in [-0.25, -0.2) is 0 Å². The van der Waals surface area contributed by atoms with Crippen molar-refractivity contribution in [2.45, 2.75) is 83.3 Å². The number of rotatable bonds is 2. The van der Waals surface area contributed by atoms with E-state index in [2.05, 4.69) is 39.0 Å². The molecule has 33 heavy (non-hydrogen) atoms. The van der Waals surface area contributed by atoms with Crippen LogP contribution in [-0.4, -0.2) is 65.0 Å². The summed E-state index contributed by atoms with van der Waals surface area (Å²) in [7, 11) is 0. The van der Waals surface area contributed by atoms with Gasteiger partial charge in [0.15, 0.2) is 0 Å². The van der Waals surface area contributed by atoms with Gasteiger partial charge in [0.25, 0.3) is 0 Å². The zero-order chi connectivity index (χ0) is 23.5. The van der Waals surface area contributed by atoms with E-state index in [9.17, 15) is 9.59 Å². The van der Waals surface area contributed by atoms with Gasteiger partial charge in [0.05, 0.1) is 18.2 Å². The average Bonchev–Trinajstić information content (AvgIpc) is 3.26. The van der Waals surface area contributed by atoms with Crippen LogP contribution >= 0.6 is 0 Å². The van der Waals surface area contributed by atoms with Crippen molar-refractivity contribution in [3.8, 4) is 5.75 Å². The Hall–Kier alpha value is -2.12. The second-order valence-electron chi connectivity index (χ2n) is 11.0. The van der Waals surface area contributed by atoms with Crippen LogP contribution in [0.1, 0.15) is 63.7 Å². The maximum absolute atomic E-state index is 13.4. The first-order valence-corrected chi connectivity index (χ1v) is 12.5. The largest absolute Gasteiger partial charge is 0.487 e. The van der Waals surface area contributed by atoms with Gasteiger partial charge >= 0.3 is 0 Å². The number of piperidine rings is 1. The second-order valence-corrected chi connectivity index (χ2v) is 11.0. The average molecular weight is 456 g/mol. The minimum atomic E-state index is -0.576. The van der Waals surface area contributed by atoms with Crippen LogP contribution in [0.4, 0.5) is 0 Å². The number of fused-ring (bicyclic) bond motifs is 4. The van der Waals surface area contributed by atoms with Gasteiger partial charge in [-0.05, 0) is 65.0 Å². The molecule has 1 aromatic rings. The molecule has 2 N–H and O–H groups in total. The van der Waals surface area contributed by atoms with Gasteiger partial charge in [0.1, 0.15) is 17.4 Å². The molecule has 0 bridgehead atoms. The first kappa shape index (κ1) is 22.7. The minimum Gasteiger partial charge on any atom is -0.487 e. The number of carbonyl (C=O) groups excluding carboxylic acids is 2. The number of hydrogen-bond donors (Lipinski definition) is 1. The highest BCUT2D eigenvalue weighted by molar-refractivity contribution is 5.90. The van der Waals surface area contributed by atoms with Gasteiger partial charge in [-0.1, -0.05) is 12.1 Å². The van der Waals surface area contributed by atoms with Gasteiger partial charge in [0.2, 0.25) is 11.8 Å². The number of likely N-dealkylation sites (tertiary alicyclic amines) is 2. The molecule has 7 nitrogen and oxygen atoms in total. The summed E-state index contributed by atoms with van der Waals surface area (Å²) in [5.41, 5.74) is 7.83. The molecule has 3 fully saturated rings. The molecule has 0 saturated carbocycles. The number of carbonyl (C=O) groups is 2. The molecule has 6 atom stereocenters. The van der Waals surface area contributed by atoms with Gasteiger partial charge in [-0.15, -0.1) is 0 Å². The molecule has 4 aliphatic heterocycles. The summed E-state index contributed by atoms with van der Waals surface area (Å²) in [6.07, 6.45) is 3.54. The molecule has 4 heterocycles. The van der Waals surface area contributed by atoms with Crippen molar-refractivity contribution in [2.24, 2.45) is 17.6 Å². The van der Waals surface area contributed by atoms with Gasteiger partial charge < -0.3 is 25.0 Å². The molecule has 1 unspecified atom stereocenters. The molecular formula is C26H37N3O4. The molecule has 7 heteroatoms. The number of amides is 2. The van der Waals surface area contributed by atoms with Gasteiger partial charge in [-0.2, -0.15) is 0 Å². The lowest BCUT2D eigenvalue weighted by Gasteiger charge is -2.53. The third-order valence-corrected chi connectivity index (χ3v) is 8.17. The van der Waals surface area contributed by atoms with Crippen LogP contribution in [0.3, 0.4) is 0 Å². The third kappa shape index (κ3) is 3.93. The van der Waals surface area contributed by atoms with E-state index in [1.807, 2.05) is 4.90 Å². The Kier molecular flexibility index (Phi) is 5.68. The highest BCUT2D eigenvalue weighted by Gasteiger charge is 2.52. The van der Waals surface area contributed by atoms with Crippen molar-refractivity contribution < 1.29 is 19.1 Å². The predicted octanol–water partition coefficient (Wildman–Crippen LogP) is 2.80. The van der Waals surface area contributed by atoms with E-state index in [0.29, 0.717) is 19.6 Å². The lowest BCUT2D eigenvalue weighted by atomic mass is 9.70. The van der Waals surface area contributed by atoms with E-state index >= 15 is 0 Å². The van der Waals surface area contributed by atoms with E-state index < -0.39 is 6.04 Å². The summed E-state index contributed by atoms with van der Waals surface area (Å²) in [5.74, 6) is 1.39. The zero-order valence-electron chi connectivity index (χ0n) is 20.3. The zero-order valence-corrected chi connectivity index (χ0v) is 20.3. The van der Waals surface area contributed by atoms with Crippen LogP contribution in [0.2, 0.25) is 0 Å². The summed E-state index contributed by atoms with van der Waals surface area (Å²) in [6.45, 7) is 10.1. The fourth-order valence-corrected chi connectivity index (χ4v) is 6.37. The highest BCUT2D eigenvalue weighted by atomic mass is 16.5. The minimum absolute atomic E-state index is 0.0295. The second kappa shape index (κ2) is 8.27. The Morgan fingerprint density at radius 1 is 1.21 bits per heavy atom. The van der Waals surface area contributed by atoms with Crippen molar-refractivity contribution >= 4 is 11.8 Å². The fraction of sp³-hybridized carbons (Fsp3) is 0.692. The lowest BCUT2D eigenvalue weighted by molar-refractivity contribution is -0.189. The summed E-state index contributed by atoms with van der Waals surface area (Å²) < 4.78 is 13.2. The Morgan fingerprint density at radius 2 is 2.00 bits per heavy atom. The van der Waals surface area contributed by atoms with Crippen LogP contribution in [0.15, 0.2) is 18.2 Å². The van der Waals surface area contributed by atoms with Crippen molar-refractivity contribution in [2.75, 3.05) is 19.6 Å². The van der Waals surface area contributed by atoms with Crippen molar-refractivity contribution in [3.05, 3.63) is 29.3 Å². The lowest BCUT2D eigenvalue weighted by Crippen LogP contribution is -2.58. The summed E-state index contributed by atoms with van der Waals surface area (Å²) in [4.78, 5) is 29.6. The summed E-state index contributed by atoms with van der Waals surface area (Å²) >= 11 is 0. The number of nitrogens with two attached hydrogens (primary N) is 1. The van der Waals surface area contributed by atoms with Crippen molar-refractivity contribution in [1.29, 1.82) is 0 Å². The van der Waals surface area contributed by atoms with Gasteiger partial charge in [-0.3, -0.25) is 9.59 Å². The number of ether oxygens (including phenoxy) is 2. The first-order chi connectivity index (χ1) is 15.7. The fourth-order valence-electron chi connectivity index (χ4n) is 6.37. The van der Waals surface area contributed by atoms with E-state index in [-0.39, 0.29) is 47.5 Å². The molecule has 3 saturated heterocycles. The molecule has 5 rings (SSSR count). The number of nitrogens with zero attached hydrogens (tertiary/aromatic N) is 2. The standard InChI is InChI=1S/C26H37N3O4/c1-15-7-8-18-22(12-15)33-26(3,4)19-13-17-14-28(11-9-21(17)32-23(18)19)25(31)20-6-5-10-29(20)24(30)16(2)27/h7-8,12,16-17,19-21,23H,5-6,9-11,13-14,27H2,1-4H3/t16?,17-,19+,20+,21+,23-/m1/s1. The van der Waals surface area contributed by atoms with Crippen LogP contribution in [-0.2, 0) is 14.3 Å². The van der Waals surface area contributed by atoms with E-state index in [1.165, 1.54) is 5.56 Å². The molecular weight excluding hydrogens is 418 g/mol. The maximum atomic E-state index is 13.4. The third-order valence-electron chi connectivity index (χ3n) is 8.17. The molecule has 0 spiro atoms. The Balaban J connectivity index is 1.32. The SMILES string of the molecule is Cc1ccc2c(c1)OC(C)(C)[C@H]1C[C@@H]3CN(C(=O)[C@@H]4CCCN4C(=O)C(C)N)CC[C@@H]3O[C@H]21. The van der Waals surface area contributed by atoms with Gasteiger partial charge in [0, 0.05) is 37.0 Å². The monoisotopic (exact) mass is 455 g/mol. The van der Waals surface area contributed by atoms with E-state index in [1.54, 1.807) is 11.8 Å². The molecule has 2 amide bonds. The predicted molar refractivity (Wildman–Crippen MR) is 125 cm³/mol. The van der Waals surface area contributed by atoms with E-state index in [0.717, 1.165) is 37.0 Å². The molecule has 0 radical (unpaired) electrons. The Bertz CT molecular complexity index is 945. The van der Waals surface area contributed by atoms with Crippen LogP contribution in [0.5, 0.6) is 5.75 Å². The van der Waals surface area contributed by atoms with Crippen LogP contribution in [0.25, 0.3) is 0 Å². The molecule has 4 aliphatic rings. The Labute approximate surface area is 196 Å². The molecule has 0 aliphatic carbocycles. The topological polar surface area (TPSA) is 85.1 Å². The smallest absolute Gasteiger partial charge is 0.245 e. The number of benzene rings is 1. The maximum Gasteiger partial charge on any atom is 0.245 e. The number of hydrogen-bond acceptors (Lipinski definition) is 5. The first-order valence-electron chi connectivity index (χ1n) is 12.5. The van der Waals surface area contributed by atoms with Crippen molar-refractivity contribution in [1.82, 2.24) is 9.80 Å². The Morgan fingerprint density at radius 3 is 2.76 bits per heavy atom.